The van der Waals surface area contributed by atoms with Crippen molar-refractivity contribution in [2.24, 2.45) is 0 Å². The second-order valence-electron chi connectivity index (χ2n) is 3.83. The maximum absolute atomic E-state index is 11.1. The van der Waals surface area contributed by atoms with E-state index < -0.39 is 11.9 Å². The smallest absolute Gasteiger partial charge is 0.456 e. The van der Waals surface area contributed by atoms with E-state index in [1.54, 1.807) is 21.0 Å². The first-order valence-corrected chi connectivity index (χ1v) is 4.80. The number of carbonyl (C=O) groups excluding carboxylic acids is 2. The van der Waals surface area contributed by atoms with Crippen LogP contribution >= 0.6 is 0 Å². The Kier molecular flexibility index (Phi) is 5.46. The molecular formula is C11H18NO4+2. The summed E-state index contributed by atoms with van der Waals surface area (Å²) in [7, 11) is 3.35. The van der Waals surface area contributed by atoms with Crippen LogP contribution in [0.15, 0.2) is 24.8 Å². The van der Waals surface area contributed by atoms with Gasteiger partial charge in [-0.25, -0.2) is 4.79 Å². The second kappa shape index (κ2) is 6.07. The number of hydroxylamine groups is 3. The fourth-order valence-corrected chi connectivity index (χ4v) is 0.808. The number of esters is 1. The Morgan fingerprint density at radius 2 is 2.06 bits per heavy atom. The van der Waals surface area contributed by atoms with E-state index in [4.69, 9.17) is 9.57 Å². The number of quaternary nitrogens is 1. The summed E-state index contributed by atoms with van der Waals surface area (Å²) < 4.78 is 4.85. The molecule has 0 rings (SSSR count). The molecule has 0 atom stereocenters. The predicted octanol–water partition coefficient (Wildman–Crippen LogP) is 0.826. The molecule has 1 radical (unpaired) electrons. The number of nitrogens with zero attached hydrogens (tertiary/aromatic N) is 1. The lowest BCUT2D eigenvalue weighted by atomic mass is 10.4. The van der Waals surface area contributed by atoms with Crippen LogP contribution < -0.4 is 0 Å². The van der Waals surface area contributed by atoms with E-state index in [9.17, 15) is 9.59 Å². The van der Waals surface area contributed by atoms with Gasteiger partial charge in [-0.3, -0.25) is 0 Å². The van der Waals surface area contributed by atoms with Gasteiger partial charge in [0.2, 0.25) is 0 Å². The highest BCUT2D eigenvalue weighted by Crippen LogP contribution is 2.01. The number of likely N-dealkylation sites (N-methyl/N-ethyl adjacent to an activating group) is 1. The molecule has 0 aliphatic carbocycles. The Balaban J connectivity index is 3.99. The van der Waals surface area contributed by atoms with E-state index in [1.165, 1.54) is 0 Å². The number of ether oxygens (including phenoxy) is 1. The Morgan fingerprint density at radius 3 is 2.50 bits per heavy atom. The predicted molar refractivity (Wildman–Crippen MR) is 59.0 cm³/mol. The van der Waals surface area contributed by atoms with Gasteiger partial charge in [-0.1, -0.05) is 22.6 Å². The SMILES string of the molecule is C=CC(=[O+])O[N+](C)(C)CCOC(=O)C(=C)C. The van der Waals surface area contributed by atoms with Crippen LogP contribution in [0.4, 0.5) is 0 Å². The van der Waals surface area contributed by atoms with Crippen LogP contribution in [0.2, 0.25) is 0 Å². The quantitative estimate of drug-likeness (QED) is 0.222. The molecule has 0 aromatic rings. The third-order valence-electron chi connectivity index (χ3n) is 1.72. The molecule has 0 aliphatic rings. The van der Waals surface area contributed by atoms with Gasteiger partial charge in [-0.05, 0) is 6.92 Å². The number of carbonyl (C=O) groups is 2. The molecule has 0 aliphatic heterocycles. The van der Waals surface area contributed by atoms with Gasteiger partial charge >= 0.3 is 11.9 Å². The first-order valence-electron chi connectivity index (χ1n) is 4.80. The van der Waals surface area contributed by atoms with Crippen LogP contribution in [0.25, 0.3) is 0 Å². The highest BCUT2D eigenvalue weighted by Gasteiger charge is 2.31. The van der Waals surface area contributed by atoms with Gasteiger partial charge < -0.3 is 4.74 Å². The minimum atomic E-state index is -0.517. The number of rotatable bonds is 6. The minimum absolute atomic E-state index is 0.0334. The van der Waals surface area contributed by atoms with Gasteiger partial charge in [0.1, 0.15) is 20.7 Å². The van der Waals surface area contributed by atoms with E-state index in [-0.39, 0.29) is 11.3 Å². The van der Waals surface area contributed by atoms with Gasteiger partial charge in [0.15, 0.2) is 6.54 Å². The Hall–Kier alpha value is -1.62. The van der Waals surface area contributed by atoms with E-state index >= 15 is 0 Å². The van der Waals surface area contributed by atoms with E-state index in [0.717, 1.165) is 6.08 Å². The molecule has 89 valence electrons. The molecule has 0 aromatic heterocycles. The molecule has 0 fully saturated rings. The normalized spacial score (nSPS) is 10.4. The molecule has 0 N–H and O–H groups in total. The maximum atomic E-state index is 11.1. The lowest BCUT2D eigenvalue weighted by Gasteiger charge is -2.17. The van der Waals surface area contributed by atoms with Gasteiger partial charge in [0, 0.05) is 5.57 Å². The molecule has 0 spiro atoms. The Bertz CT molecular complexity index is 307. The molecule has 5 heteroatoms. The Morgan fingerprint density at radius 1 is 1.50 bits per heavy atom. The van der Waals surface area contributed by atoms with Crippen molar-refractivity contribution in [1.29, 1.82) is 0 Å². The van der Waals surface area contributed by atoms with Gasteiger partial charge in [-0.15, -0.1) is 0 Å². The summed E-state index contributed by atoms with van der Waals surface area (Å²) in [5, 5.41) is 0. The van der Waals surface area contributed by atoms with Crippen molar-refractivity contribution in [2.75, 3.05) is 27.2 Å². The highest BCUT2D eigenvalue weighted by molar-refractivity contribution is 5.86. The fourth-order valence-electron chi connectivity index (χ4n) is 0.808. The molecule has 0 saturated heterocycles. The van der Waals surface area contributed by atoms with E-state index in [2.05, 4.69) is 13.2 Å². The molecule has 0 unspecified atom stereocenters. The molecule has 16 heavy (non-hydrogen) atoms. The molecule has 0 heterocycles. The summed E-state index contributed by atoms with van der Waals surface area (Å²) in [5.41, 5.74) is 0.341. The first kappa shape index (κ1) is 14.4. The molecule has 0 bridgehead atoms. The lowest BCUT2D eigenvalue weighted by molar-refractivity contribution is -1.06. The molecule has 5 nitrogen and oxygen atoms in total. The van der Waals surface area contributed by atoms with Crippen molar-refractivity contribution in [1.82, 2.24) is 0 Å². The monoisotopic (exact) mass is 228 g/mol. The molecule has 0 amide bonds. The van der Waals surface area contributed by atoms with E-state index in [1.807, 2.05) is 0 Å². The summed E-state index contributed by atoms with van der Waals surface area (Å²) in [6.07, 6.45) is 1.08. The largest absolute Gasteiger partial charge is 0.662 e. The average molecular weight is 228 g/mol. The van der Waals surface area contributed by atoms with E-state index in [0.29, 0.717) is 12.1 Å². The topological polar surface area (TPSA) is 55.4 Å². The van der Waals surface area contributed by atoms with Gasteiger partial charge in [0.05, 0.1) is 10.9 Å². The van der Waals surface area contributed by atoms with Crippen molar-refractivity contribution in [2.45, 2.75) is 6.92 Å². The molecule has 0 saturated carbocycles. The highest BCUT2D eigenvalue weighted by atomic mass is 16.7. The van der Waals surface area contributed by atoms with Gasteiger partial charge in [0.25, 0.3) is 0 Å². The summed E-state index contributed by atoms with van der Waals surface area (Å²) in [6, 6.07) is 0. The zero-order valence-corrected chi connectivity index (χ0v) is 9.99. The second-order valence-corrected chi connectivity index (χ2v) is 3.83. The van der Waals surface area contributed by atoms with Crippen molar-refractivity contribution in [3.8, 4) is 0 Å². The molecule has 0 aromatic carbocycles. The maximum Gasteiger partial charge on any atom is 0.662 e. The third kappa shape index (κ3) is 5.98. The summed E-state index contributed by atoms with van der Waals surface area (Å²) in [6.45, 7) is 8.83. The summed E-state index contributed by atoms with van der Waals surface area (Å²) in [5.74, 6) is -0.966. The fraction of sp³-hybridized carbons (Fsp3) is 0.455. The zero-order valence-electron chi connectivity index (χ0n) is 9.99. The Labute approximate surface area is 95.5 Å². The number of hydrogen-bond acceptors (Lipinski definition) is 4. The van der Waals surface area contributed by atoms with Crippen LogP contribution in [0, 0.1) is 0 Å². The first-order chi connectivity index (χ1) is 7.28. The van der Waals surface area contributed by atoms with Gasteiger partial charge in [-0.2, -0.15) is 0 Å². The van der Waals surface area contributed by atoms with Crippen LogP contribution in [0.5, 0.6) is 0 Å². The summed E-state index contributed by atoms with van der Waals surface area (Å²) in [4.78, 5) is 27.0. The standard InChI is InChI=1S/C11H18NO4/c1-6-10(13)16-12(4,5)7-8-15-11(14)9(2)3/h6H,1-2,7-8H2,3-5H3/q+2. The van der Waals surface area contributed by atoms with Crippen LogP contribution in [-0.4, -0.2) is 43.8 Å². The van der Waals surface area contributed by atoms with Crippen molar-refractivity contribution in [3.05, 3.63) is 24.8 Å². The van der Waals surface area contributed by atoms with Crippen LogP contribution in [0.1, 0.15) is 6.92 Å². The van der Waals surface area contributed by atoms with Crippen molar-refractivity contribution in [3.63, 3.8) is 0 Å². The molecular weight excluding hydrogens is 210 g/mol. The number of hydrogen-bond donors (Lipinski definition) is 0. The summed E-state index contributed by atoms with van der Waals surface area (Å²) >= 11 is 0. The van der Waals surface area contributed by atoms with Crippen LogP contribution in [-0.2, 0) is 19.2 Å². The average Bonchev–Trinajstić information content (AvgIpc) is 2.16. The zero-order chi connectivity index (χ0) is 12.8. The van der Waals surface area contributed by atoms with Crippen molar-refractivity contribution >= 4 is 11.9 Å². The third-order valence-corrected chi connectivity index (χ3v) is 1.72. The van der Waals surface area contributed by atoms with Crippen LogP contribution in [0.3, 0.4) is 0 Å². The van der Waals surface area contributed by atoms with Crippen molar-refractivity contribution < 1.29 is 23.8 Å². The minimum Gasteiger partial charge on any atom is -0.456 e. The lowest BCUT2D eigenvalue weighted by Crippen LogP contribution is -2.43.